The Morgan fingerprint density at radius 2 is 1.87 bits per heavy atom. The first-order chi connectivity index (χ1) is 13.4. The predicted molar refractivity (Wildman–Crippen MR) is 92.6 cm³/mol. The average molecular weight is 498 g/mol. The van der Waals surface area contributed by atoms with Gasteiger partial charge in [-0.25, -0.2) is 22.9 Å². The Morgan fingerprint density at radius 3 is 2.40 bits per heavy atom. The van der Waals surface area contributed by atoms with Crippen molar-refractivity contribution in [2.75, 3.05) is 6.61 Å². The molecule has 19 heteroatoms. The van der Waals surface area contributed by atoms with Crippen LogP contribution >= 0.6 is 23.5 Å². The fourth-order valence-corrected chi connectivity index (χ4v) is 5.54. The van der Waals surface area contributed by atoms with Crippen molar-refractivity contribution in [3.63, 3.8) is 0 Å². The normalized spacial score (nSPS) is 33.8. The molecule has 2 aliphatic rings. The third kappa shape index (κ3) is 6.26. The Kier molecular flexibility index (Phi) is 7.17. The van der Waals surface area contributed by atoms with E-state index < -0.39 is 60.2 Å². The van der Waals surface area contributed by atoms with Crippen LogP contribution in [0.3, 0.4) is 0 Å². The first-order valence-corrected chi connectivity index (χ1v) is 12.2. The molecule has 30 heavy (non-hydrogen) atoms. The molecule has 0 radical (unpaired) electrons. The molecule has 0 bridgehead atoms. The monoisotopic (exact) mass is 498 g/mol. The van der Waals surface area contributed by atoms with Crippen LogP contribution < -0.4 is 5.32 Å². The van der Waals surface area contributed by atoms with E-state index in [0.29, 0.717) is 0 Å². The maximum atomic E-state index is 14.5. The number of phosphoric acid groups is 3. The third-order valence-corrected chi connectivity index (χ3v) is 7.51. The lowest BCUT2D eigenvalue weighted by Crippen LogP contribution is -2.48. The van der Waals surface area contributed by atoms with Crippen molar-refractivity contribution in [2.24, 2.45) is 0 Å². The fourth-order valence-electron chi connectivity index (χ4n) is 2.43. The lowest BCUT2D eigenvalue weighted by atomic mass is 9.99. The van der Waals surface area contributed by atoms with Crippen molar-refractivity contribution in [3.8, 4) is 0 Å². The molecule has 0 spiro atoms. The largest absolute Gasteiger partial charge is 0.490 e. The van der Waals surface area contributed by atoms with Crippen LogP contribution in [-0.2, 0) is 31.6 Å². The van der Waals surface area contributed by atoms with Crippen molar-refractivity contribution >= 4 is 29.5 Å². The van der Waals surface area contributed by atoms with Crippen LogP contribution in [0.4, 0.5) is 9.18 Å². The maximum absolute atomic E-state index is 14.5. The van der Waals surface area contributed by atoms with Crippen molar-refractivity contribution in [1.82, 2.24) is 10.2 Å². The number of amides is 2. The van der Waals surface area contributed by atoms with Crippen molar-refractivity contribution < 1.29 is 65.4 Å². The highest BCUT2D eigenvalue weighted by Crippen LogP contribution is 2.66. The molecular weight excluding hydrogens is 480 g/mol. The van der Waals surface area contributed by atoms with Gasteiger partial charge in [-0.3, -0.25) is 9.42 Å². The standard InChI is InChI=1S/C11H18FN2O13P3/c1-6-3-4-14(10(16)13-6)9-7(12)8(15)11(2,25-9)5-24-29(20,21)27-30(22,23)26-28(17,18)19/h3-4,7-9,15H,1,5H2,2H3,(H,13,16)(H,20,21)(H,22,23)(H2,17,18,19)/t7?,8-,9-,11-/m1/s1. The van der Waals surface area contributed by atoms with Gasteiger partial charge in [0.2, 0.25) is 0 Å². The predicted octanol–water partition coefficient (Wildman–Crippen LogP) is 0.196. The molecule has 15 nitrogen and oxygen atoms in total. The Bertz CT molecular complexity index is 892. The van der Waals surface area contributed by atoms with Gasteiger partial charge in [-0.15, -0.1) is 0 Å². The Balaban J connectivity index is 2.08. The number of hydrogen-bond acceptors (Lipinski definition) is 9. The molecule has 0 aliphatic carbocycles. The molecule has 6 N–H and O–H groups in total. The van der Waals surface area contributed by atoms with E-state index in [1.165, 1.54) is 6.08 Å². The molecule has 0 aromatic rings. The van der Waals surface area contributed by atoms with Crippen LogP contribution in [0, 0.1) is 0 Å². The molecule has 1 fully saturated rings. The second-order valence-electron chi connectivity index (χ2n) is 6.25. The summed E-state index contributed by atoms with van der Waals surface area (Å²) in [5.41, 5.74) is -1.85. The molecule has 0 saturated carbocycles. The van der Waals surface area contributed by atoms with Crippen molar-refractivity contribution in [2.45, 2.75) is 31.0 Å². The Labute approximate surface area is 168 Å². The lowest BCUT2D eigenvalue weighted by molar-refractivity contribution is -0.118. The highest BCUT2D eigenvalue weighted by molar-refractivity contribution is 7.66. The number of aliphatic hydroxyl groups excluding tert-OH is 1. The van der Waals surface area contributed by atoms with E-state index in [1.54, 1.807) is 0 Å². The molecule has 172 valence electrons. The quantitative estimate of drug-likeness (QED) is 0.246. The number of allylic oxidation sites excluding steroid dienone is 1. The number of aliphatic hydroxyl groups is 1. The summed E-state index contributed by atoms with van der Waals surface area (Å²) in [5, 5.41) is 12.4. The first-order valence-electron chi connectivity index (χ1n) is 7.69. The zero-order valence-electron chi connectivity index (χ0n) is 15.0. The van der Waals surface area contributed by atoms with Gasteiger partial charge in [-0.2, -0.15) is 8.62 Å². The number of hydrogen-bond donors (Lipinski definition) is 6. The van der Waals surface area contributed by atoms with Gasteiger partial charge in [0.25, 0.3) is 0 Å². The Hall–Kier alpha value is -0.990. The summed E-state index contributed by atoms with van der Waals surface area (Å²) in [5.74, 6) is 0. The topological polar surface area (TPSA) is 222 Å². The molecule has 1 saturated heterocycles. The van der Waals surface area contributed by atoms with E-state index in [-0.39, 0.29) is 5.70 Å². The number of alkyl halides is 1. The van der Waals surface area contributed by atoms with Gasteiger partial charge < -0.3 is 34.7 Å². The summed E-state index contributed by atoms with van der Waals surface area (Å²) in [7, 11) is -16.9. The zero-order valence-corrected chi connectivity index (χ0v) is 17.7. The summed E-state index contributed by atoms with van der Waals surface area (Å²) in [6.45, 7) is 3.40. The number of carbonyl (C=O) groups is 1. The van der Waals surface area contributed by atoms with Crippen LogP contribution in [0.5, 0.6) is 0 Å². The van der Waals surface area contributed by atoms with Crippen LogP contribution in [0.15, 0.2) is 24.6 Å². The number of carbonyl (C=O) groups excluding carboxylic acids is 1. The number of rotatable bonds is 8. The fraction of sp³-hybridized carbons (Fsp3) is 0.545. The maximum Gasteiger partial charge on any atom is 0.490 e. The van der Waals surface area contributed by atoms with Gasteiger partial charge in [0.1, 0.15) is 11.7 Å². The van der Waals surface area contributed by atoms with Crippen molar-refractivity contribution in [1.29, 1.82) is 0 Å². The third-order valence-electron chi connectivity index (χ3n) is 3.73. The van der Waals surface area contributed by atoms with Gasteiger partial charge >= 0.3 is 29.5 Å². The van der Waals surface area contributed by atoms with E-state index in [1.807, 2.05) is 0 Å². The van der Waals surface area contributed by atoms with Crippen molar-refractivity contribution in [3.05, 3.63) is 24.6 Å². The average Bonchev–Trinajstić information content (AvgIpc) is 2.75. The molecule has 0 aromatic carbocycles. The summed E-state index contributed by atoms with van der Waals surface area (Å²) in [6, 6.07) is -0.834. The minimum Gasteiger partial charge on any atom is -0.387 e. The second-order valence-corrected chi connectivity index (χ2v) is 10.7. The minimum atomic E-state index is -5.75. The molecule has 3 unspecified atom stereocenters. The number of halogens is 1. The van der Waals surface area contributed by atoms with Gasteiger partial charge in [-0.1, -0.05) is 6.58 Å². The molecule has 2 rings (SSSR count). The van der Waals surface area contributed by atoms with Crippen LogP contribution in [0.1, 0.15) is 6.92 Å². The minimum absolute atomic E-state index is 0.209. The van der Waals surface area contributed by atoms with Crippen LogP contribution in [-0.4, -0.2) is 66.3 Å². The van der Waals surface area contributed by atoms with Gasteiger partial charge in [0.05, 0.1) is 6.61 Å². The van der Waals surface area contributed by atoms with Crippen LogP contribution in [0.25, 0.3) is 0 Å². The number of nitrogens with zero attached hydrogens (tertiary/aromatic N) is 1. The zero-order chi connectivity index (χ0) is 23.1. The van der Waals surface area contributed by atoms with Crippen LogP contribution in [0.2, 0.25) is 0 Å². The molecular formula is C11H18FN2O13P3. The number of urea groups is 1. The summed E-state index contributed by atoms with van der Waals surface area (Å²) in [6.07, 6.45) is -3.45. The highest BCUT2D eigenvalue weighted by atomic mass is 31.3. The smallest absolute Gasteiger partial charge is 0.387 e. The van der Waals surface area contributed by atoms with Gasteiger partial charge in [0.15, 0.2) is 12.4 Å². The number of nitrogens with one attached hydrogen (secondary N) is 1. The second kappa shape index (κ2) is 8.51. The van der Waals surface area contributed by atoms with E-state index in [0.717, 1.165) is 18.0 Å². The SMILES string of the molecule is C=C1C=CN([C@@H]2O[C@](C)(COP(=O)(O)OP(=O)(O)OP(=O)(O)O)[C@H](O)C2F)C(=O)N1. The van der Waals surface area contributed by atoms with E-state index in [4.69, 9.17) is 19.4 Å². The van der Waals surface area contributed by atoms with Gasteiger partial charge in [0, 0.05) is 11.9 Å². The molecule has 2 heterocycles. The molecule has 6 atom stereocenters. The van der Waals surface area contributed by atoms with E-state index in [9.17, 15) is 32.9 Å². The lowest BCUT2D eigenvalue weighted by Gasteiger charge is -2.31. The molecule has 0 aromatic heterocycles. The summed E-state index contributed by atoms with van der Waals surface area (Å²) < 4.78 is 65.0. The molecule has 2 amide bonds. The number of ether oxygens (including phenoxy) is 1. The summed E-state index contributed by atoms with van der Waals surface area (Å²) in [4.78, 5) is 48.2. The summed E-state index contributed by atoms with van der Waals surface area (Å²) >= 11 is 0. The molecule has 2 aliphatic heterocycles. The first kappa shape index (κ1) is 25.3. The van der Waals surface area contributed by atoms with E-state index >= 15 is 0 Å². The highest BCUT2D eigenvalue weighted by Gasteiger charge is 2.56. The Morgan fingerprint density at radius 1 is 1.27 bits per heavy atom. The van der Waals surface area contributed by atoms with E-state index in [2.05, 4.69) is 25.0 Å². The van der Waals surface area contributed by atoms with Gasteiger partial charge in [-0.05, 0) is 13.0 Å². The number of phosphoric ester groups is 1.